The SMILES string of the molecule is CCOC(C)(C)CNS(=O)(=O)c1ccsc1CNC(C)C. The van der Waals surface area contributed by atoms with E-state index in [1.165, 1.54) is 11.3 Å². The molecular formula is C14H26N2O3S2. The smallest absolute Gasteiger partial charge is 0.241 e. The molecule has 0 aromatic carbocycles. The van der Waals surface area contributed by atoms with E-state index in [0.29, 0.717) is 24.1 Å². The highest BCUT2D eigenvalue weighted by molar-refractivity contribution is 7.89. The Morgan fingerprint density at radius 3 is 2.62 bits per heavy atom. The summed E-state index contributed by atoms with van der Waals surface area (Å²) in [6.45, 7) is 11.1. The van der Waals surface area contributed by atoms with E-state index >= 15 is 0 Å². The van der Waals surface area contributed by atoms with Crippen LogP contribution in [0.5, 0.6) is 0 Å². The zero-order chi connectivity index (χ0) is 16.1. The highest BCUT2D eigenvalue weighted by atomic mass is 32.2. The van der Waals surface area contributed by atoms with Gasteiger partial charge >= 0.3 is 0 Å². The number of thiophene rings is 1. The fourth-order valence-electron chi connectivity index (χ4n) is 1.78. The second-order valence-corrected chi connectivity index (χ2v) is 8.50. The van der Waals surface area contributed by atoms with Gasteiger partial charge in [0.25, 0.3) is 0 Å². The number of hydrogen-bond donors (Lipinski definition) is 2. The quantitative estimate of drug-likeness (QED) is 0.727. The van der Waals surface area contributed by atoms with Crippen LogP contribution in [0.3, 0.4) is 0 Å². The molecule has 1 aromatic rings. The maximum absolute atomic E-state index is 12.4. The second-order valence-electron chi connectivity index (χ2n) is 5.76. The van der Waals surface area contributed by atoms with Crippen molar-refractivity contribution in [3.05, 3.63) is 16.3 Å². The first-order valence-electron chi connectivity index (χ1n) is 7.11. The van der Waals surface area contributed by atoms with Crippen LogP contribution in [-0.2, 0) is 21.3 Å². The monoisotopic (exact) mass is 334 g/mol. The van der Waals surface area contributed by atoms with Gasteiger partial charge in [0.1, 0.15) is 0 Å². The summed E-state index contributed by atoms with van der Waals surface area (Å²) in [6, 6.07) is 1.96. The normalized spacial score (nSPS) is 13.0. The van der Waals surface area contributed by atoms with Gasteiger partial charge in [0.2, 0.25) is 10.0 Å². The van der Waals surface area contributed by atoms with E-state index in [4.69, 9.17) is 4.74 Å². The summed E-state index contributed by atoms with van der Waals surface area (Å²) in [5.41, 5.74) is -0.520. The molecule has 0 aliphatic carbocycles. The third-order valence-electron chi connectivity index (χ3n) is 2.89. The molecule has 1 heterocycles. The zero-order valence-electron chi connectivity index (χ0n) is 13.4. The number of hydrogen-bond acceptors (Lipinski definition) is 5. The summed E-state index contributed by atoms with van der Waals surface area (Å²) in [5.74, 6) is 0. The second kappa shape index (κ2) is 7.69. The molecule has 0 aliphatic rings. The van der Waals surface area contributed by atoms with Crippen LogP contribution in [0.25, 0.3) is 0 Å². The first-order chi connectivity index (χ1) is 9.68. The average molecular weight is 335 g/mol. The van der Waals surface area contributed by atoms with Crippen LogP contribution in [0, 0.1) is 0 Å². The van der Waals surface area contributed by atoms with Crippen molar-refractivity contribution in [2.75, 3.05) is 13.2 Å². The van der Waals surface area contributed by atoms with Crippen LogP contribution < -0.4 is 10.0 Å². The van der Waals surface area contributed by atoms with Crippen LogP contribution in [0.2, 0.25) is 0 Å². The van der Waals surface area contributed by atoms with Gasteiger partial charge in [0.05, 0.1) is 10.5 Å². The highest BCUT2D eigenvalue weighted by Crippen LogP contribution is 2.22. The third kappa shape index (κ3) is 6.04. The molecule has 2 N–H and O–H groups in total. The zero-order valence-corrected chi connectivity index (χ0v) is 15.0. The molecule has 0 radical (unpaired) electrons. The summed E-state index contributed by atoms with van der Waals surface area (Å²) in [6.07, 6.45) is 0. The molecule has 1 aromatic heterocycles. The van der Waals surface area contributed by atoms with E-state index < -0.39 is 15.6 Å². The summed E-state index contributed by atoms with van der Waals surface area (Å²) in [5, 5.41) is 5.05. The largest absolute Gasteiger partial charge is 0.375 e. The predicted octanol–water partition coefficient (Wildman–Crippen LogP) is 2.34. The summed E-state index contributed by atoms with van der Waals surface area (Å²) >= 11 is 1.45. The molecule has 0 aliphatic heterocycles. The molecule has 122 valence electrons. The lowest BCUT2D eigenvalue weighted by molar-refractivity contribution is -0.00515. The molecule has 0 fully saturated rings. The molecule has 0 saturated heterocycles. The Bertz CT molecular complexity index is 536. The van der Waals surface area contributed by atoms with E-state index in [2.05, 4.69) is 10.0 Å². The lowest BCUT2D eigenvalue weighted by Gasteiger charge is -2.24. The standard InChI is InChI=1S/C14H26N2O3S2/c1-6-19-14(4,5)10-16-21(17,18)13-7-8-20-12(13)9-15-11(2)3/h7-8,11,15-16H,6,9-10H2,1-5H3. The Morgan fingerprint density at radius 2 is 2.05 bits per heavy atom. The van der Waals surface area contributed by atoms with Crippen molar-refractivity contribution in [1.29, 1.82) is 0 Å². The number of nitrogens with one attached hydrogen (secondary N) is 2. The molecule has 21 heavy (non-hydrogen) atoms. The van der Waals surface area contributed by atoms with E-state index in [0.717, 1.165) is 4.88 Å². The first-order valence-corrected chi connectivity index (χ1v) is 9.47. The van der Waals surface area contributed by atoms with Gasteiger partial charge in [-0.25, -0.2) is 13.1 Å². The van der Waals surface area contributed by atoms with E-state index in [1.807, 2.05) is 34.6 Å². The molecule has 7 heteroatoms. The van der Waals surface area contributed by atoms with E-state index in [9.17, 15) is 8.42 Å². The minimum atomic E-state index is -3.51. The topological polar surface area (TPSA) is 67.4 Å². The molecule has 1 rings (SSSR count). The van der Waals surface area contributed by atoms with Gasteiger partial charge in [-0.2, -0.15) is 0 Å². The predicted molar refractivity (Wildman–Crippen MR) is 87.2 cm³/mol. The Morgan fingerprint density at radius 1 is 1.38 bits per heavy atom. The van der Waals surface area contributed by atoms with Crippen molar-refractivity contribution in [2.45, 2.75) is 57.7 Å². The Balaban J connectivity index is 2.77. The van der Waals surface area contributed by atoms with E-state index in [-0.39, 0.29) is 6.54 Å². The van der Waals surface area contributed by atoms with Gasteiger partial charge in [-0.05, 0) is 32.2 Å². The molecule has 5 nitrogen and oxygen atoms in total. The molecule has 0 unspecified atom stereocenters. The molecule has 0 bridgehead atoms. The van der Waals surface area contributed by atoms with Crippen molar-refractivity contribution >= 4 is 21.4 Å². The number of sulfonamides is 1. The Kier molecular flexibility index (Phi) is 6.80. The molecular weight excluding hydrogens is 308 g/mol. The highest BCUT2D eigenvalue weighted by Gasteiger charge is 2.24. The van der Waals surface area contributed by atoms with Crippen LogP contribution in [0.15, 0.2) is 16.3 Å². The fraction of sp³-hybridized carbons (Fsp3) is 0.714. The van der Waals surface area contributed by atoms with E-state index in [1.54, 1.807) is 11.4 Å². The van der Waals surface area contributed by atoms with Crippen molar-refractivity contribution in [3.63, 3.8) is 0 Å². The van der Waals surface area contributed by atoms with Crippen LogP contribution in [0.4, 0.5) is 0 Å². The number of rotatable bonds is 9. The van der Waals surface area contributed by atoms with Gasteiger partial charge in [-0.3, -0.25) is 0 Å². The van der Waals surface area contributed by atoms with Crippen LogP contribution in [0.1, 0.15) is 39.5 Å². The van der Waals surface area contributed by atoms with Crippen LogP contribution in [-0.4, -0.2) is 33.2 Å². The lowest BCUT2D eigenvalue weighted by atomic mass is 10.1. The average Bonchev–Trinajstić information content (AvgIpc) is 2.83. The summed E-state index contributed by atoms with van der Waals surface area (Å²) in [7, 11) is -3.51. The molecule has 0 amide bonds. The maximum atomic E-state index is 12.4. The van der Waals surface area contributed by atoms with Gasteiger partial charge in [0, 0.05) is 30.6 Å². The van der Waals surface area contributed by atoms with Crippen molar-refractivity contribution in [3.8, 4) is 0 Å². The Hall–Kier alpha value is -0.470. The van der Waals surface area contributed by atoms with Crippen LogP contribution >= 0.6 is 11.3 Å². The molecule has 0 spiro atoms. The minimum absolute atomic E-state index is 0.246. The summed E-state index contributed by atoms with van der Waals surface area (Å²) in [4.78, 5) is 1.18. The lowest BCUT2D eigenvalue weighted by Crippen LogP contribution is -2.40. The fourth-order valence-corrected chi connectivity index (χ4v) is 4.37. The molecule has 0 atom stereocenters. The number of ether oxygens (including phenoxy) is 1. The van der Waals surface area contributed by atoms with Crippen molar-refractivity contribution in [2.24, 2.45) is 0 Å². The first kappa shape index (κ1) is 18.6. The summed E-state index contributed by atoms with van der Waals surface area (Å²) < 4.78 is 33.0. The molecule has 0 saturated carbocycles. The van der Waals surface area contributed by atoms with Gasteiger partial charge in [0.15, 0.2) is 0 Å². The minimum Gasteiger partial charge on any atom is -0.375 e. The Labute approximate surface area is 132 Å². The maximum Gasteiger partial charge on any atom is 0.241 e. The van der Waals surface area contributed by atoms with Crippen molar-refractivity contribution < 1.29 is 13.2 Å². The third-order valence-corrected chi connectivity index (χ3v) is 5.42. The van der Waals surface area contributed by atoms with Gasteiger partial charge < -0.3 is 10.1 Å². The van der Waals surface area contributed by atoms with Gasteiger partial charge in [-0.15, -0.1) is 11.3 Å². The van der Waals surface area contributed by atoms with Crippen molar-refractivity contribution in [1.82, 2.24) is 10.0 Å². The van der Waals surface area contributed by atoms with Gasteiger partial charge in [-0.1, -0.05) is 13.8 Å².